The number of aliphatic hydroxyl groups excluding tert-OH is 1. The van der Waals surface area contributed by atoms with Crippen molar-refractivity contribution in [2.75, 3.05) is 11.9 Å². The number of anilines is 1. The second kappa shape index (κ2) is 5.32. The van der Waals surface area contributed by atoms with Gasteiger partial charge in [0.2, 0.25) is 0 Å². The Morgan fingerprint density at radius 1 is 1.60 bits per heavy atom. The van der Waals surface area contributed by atoms with E-state index in [1.807, 2.05) is 19.9 Å². The molecule has 0 aliphatic rings. The lowest BCUT2D eigenvalue weighted by Gasteiger charge is -2.15. The van der Waals surface area contributed by atoms with Gasteiger partial charge in [-0.3, -0.25) is 0 Å². The van der Waals surface area contributed by atoms with Crippen LogP contribution in [0.2, 0.25) is 0 Å². The van der Waals surface area contributed by atoms with Crippen LogP contribution in [-0.4, -0.2) is 22.7 Å². The molecule has 15 heavy (non-hydrogen) atoms. The molecule has 1 rings (SSSR count). The molecule has 4 nitrogen and oxygen atoms in total. The highest BCUT2D eigenvalue weighted by Gasteiger charge is 2.10. The summed E-state index contributed by atoms with van der Waals surface area (Å²) < 4.78 is 0. The smallest absolute Gasteiger partial charge is 0.143 e. The van der Waals surface area contributed by atoms with E-state index in [0.29, 0.717) is 17.9 Å². The highest BCUT2D eigenvalue weighted by Crippen LogP contribution is 2.10. The molecule has 0 aliphatic carbocycles. The highest BCUT2D eigenvalue weighted by atomic mass is 16.3. The third-order valence-electron chi connectivity index (χ3n) is 2.18. The molecule has 0 bridgehead atoms. The molecule has 1 heterocycles. The van der Waals surface area contributed by atoms with E-state index in [4.69, 9.17) is 5.26 Å². The molecule has 1 atom stereocenters. The standard InChI is InChI=1S/C11H15N3O/c1-8(2)10(15)7-14-11-9(6-12)4-3-5-13-11/h3-5,8,10,15H,7H2,1-2H3,(H,13,14). The number of aliphatic hydroxyl groups is 1. The Balaban J connectivity index is 2.62. The first-order valence-corrected chi connectivity index (χ1v) is 4.92. The second-order valence-electron chi connectivity index (χ2n) is 3.70. The summed E-state index contributed by atoms with van der Waals surface area (Å²) in [5.41, 5.74) is 0.494. The Hall–Kier alpha value is -1.60. The molecule has 0 fully saturated rings. The Morgan fingerprint density at radius 3 is 2.93 bits per heavy atom. The number of nitrogens with one attached hydrogen (secondary N) is 1. The van der Waals surface area contributed by atoms with Crippen LogP contribution in [0.1, 0.15) is 19.4 Å². The minimum Gasteiger partial charge on any atom is -0.391 e. The largest absolute Gasteiger partial charge is 0.391 e. The molecular weight excluding hydrogens is 190 g/mol. The van der Waals surface area contributed by atoms with Gasteiger partial charge in [-0.2, -0.15) is 5.26 Å². The average molecular weight is 205 g/mol. The SMILES string of the molecule is CC(C)C(O)CNc1ncccc1C#N. The van der Waals surface area contributed by atoms with Gasteiger partial charge in [-0.05, 0) is 18.1 Å². The van der Waals surface area contributed by atoms with Crippen LogP contribution in [0.4, 0.5) is 5.82 Å². The molecule has 1 aromatic rings. The van der Waals surface area contributed by atoms with Gasteiger partial charge in [-0.25, -0.2) is 4.98 Å². The number of aromatic nitrogens is 1. The molecule has 1 unspecified atom stereocenters. The summed E-state index contributed by atoms with van der Waals surface area (Å²) in [5.74, 6) is 0.714. The van der Waals surface area contributed by atoms with Gasteiger partial charge in [0, 0.05) is 12.7 Å². The Bertz CT molecular complexity index is 357. The lowest BCUT2D eigenvalue weighted by Crippen LogP contribution is -2.25. The lowest BCUT2D eigenvalue weighted by molar-refractivity contribution is 0.138. The van der Waals surface area contributed by atoms with Gasteiger partial charge in [0.05, 0.1) is 11.7 Å². The fourth-order valence-corrected chi connectivity index (χ4v) is 1.07. The van der Waals surface area contributed by atoms with E-state index in [2.05, 4.69) is 10.3 Å². The van der Waals surface area contributed by atoms with Crippen molar-refractivity contribution in [3.05, 3.63) is 23.9 Å². The van der Waals surface area contributed by atoms with Gasteiger partial charge < -0.3 is 10.4 Å². The van der Waals surface area contributed by atoms with E-state index in [1.165, 1.54) is 0 Å². The summed E-state index contributed by atoms with van der Waals surface area (Å²) in [6.45, 7) is 4.29. The van der Waals surface area contributed by atoms with Crippen LogP contribution in [0, 0.1) is 17.2 Å². The molecule has 0 radical (unpaired) electrons. The maximum atomic E-state index is 9.58. The van der Waals surface area contributed by atoms with E-state index in [1.54, 1.807) is 18.3 Å². The summed E-state index contributed by atoms with van der Waals surface area (Å²) in [7, 11) is 0. The minimum absolute atomic E-state index is 0.187. The predicted molar refractivity (Wildman–Crippen MR) is 58.3 cm³/mol. The lowest BCUT2D eigenvalue weighted by atomic mass is 10.1. The van der Waals surface area contributed by atoms with Crippen LogP contribution >= 0.6 is 0 Å². The van der Waals surface area contributed by atoms with Gasteiger partial charge in [-0.15, -0.1) is 0 Å². The van der Waals surface area contributed by atoms with Crippen molar-refractivity contribution < 1.29 is 5.11 Å². The van der Waals surface area contributed by atoms with Crippen molar-refractivity contribution in [1.29, 1.82) is 5.26 Å². The third-order valence-corrected chi connectivity index (χ3v) is 2.18. The zero-order chi connectivity index (χ0) is 11.3. The van der Waals surface area contributed by atoms with E-state index in [0.717, 1.165) is 0 Å². The second-order valence-corrected chi connectivity index (χ2v) is 3.70. The number of hydrogen-bond acceptors (Lipinski definition) is 4. The normalized spacial score (nSPS) is 12.2. The van der Waals surface area contributed by atoms with Crippen LogP contribution in [-0.2, 0) is 0 Å². The van der Waals surface area contributed by atoms with E-state index in [-0.39, 0.29) is 5.92 Å². The van der Waals surface area contributed by atoms with Gasteiger partial charge in [0.15, 0.2) is 0 Å². The first-order chi connectivity index (χ1) is 7.15. The van der Waals surface area contributed by atoms with Gasteiger partial charge in [0.25, 0.3) is 0 Å². The quantitative estimate of drug-likeness (QED) is 0.779. The molecule has 80 valence electrons. The summed E-state index contributed by atoms with van der Waals surface area (Å²) in [6.07, 6.45) is 1.18. The van der Waals surface area contributed by atoms with Crippen molar-refractivity contribution in [3.63, 3.8) is 0 Å². The van der Waals surface area contributed by atoms with E-state index >= 15 is 0 Å². The molecule has 0 saturated carbocycles. The van der Waals surface area contributed by atoms with Crippen LogP contribution in [0.5, 0.6) is 0 Å². The average Bonchev–Trinajstić information content (AvgIpc) is 2.26. The molecule has 0 spiro atoms. The van der Waals surface area contributed by atoms with Crippen LogP contribution in [0.15, 0.2) is 18.3 Å². The summed E-state index contributed by atoms with van der Waals surface area (Å²) >= 11 is 0. The molecule has 0 aliphatic heterocycles. The van der Waals surface area contributed by atoms with E-state index < -0.39 is 6.10 Å². The zero-order valence-electron chi connectivity index (χ0n) is 8.94. The van der Waals surface area contributed by atoms with Crippen LogP contribution in [0.25, 0.3) is 0 Å². The zero-order valence-corrected chi connectivity index (χ0v) is 8.94. The molecule has 4 heteroatoms. The topological polar surface area (TPSA) is 68.9 Å². The van der Waals surface area contributed by atoms with Crippen molar-refractivity contribution in [3.8, 4) is 6.07 Å². The fourth-order valence-electron chi connectivity index (χ4n) is 1.07. The summed E-state index contributed by atoms with van der Waals surface area (Å²) in [5, 5.41) is 21.3. The number of pyridine rings is 1. The molecule has 0 saturated heterocycles. The molecule has 1 aromatic heterocycles. The van der Waals surface area contributed by atoms with Crippen molar-refractivity contribution >= 4 is 5.82 Å². The number of nitriles is 1. The van der Waals surface area contributed by atoms with Crippen molar-refractivity contribution in [1.82, 2.24) is 4.98 Å². The molecule has 0 amide bonds. The van der Waals surface area contributed by atoms with Gasteiger partial charge in [0.1, 0.15) is 11.9 Å². The Kier molecular flexibility index (Phi) is 4.07. The Morgan fingerprint density at radius 2 is 2.33 bits per heavy atom. The first-order valence-electron chi connectivity index (χ1n) is 4.92. The number of hydrogen-bond donors (Lipinski definition) is 2. The monoisotopic (exact) mass is 205 g/mol. The van der Waals surface area contributed by atoms with Crippen molar-refractivity contribution in [2.24, 2.45) is 5.92 Å². The number of nitrogens with zero attached hydrogens (tertiary/aromatic N) is 2. The van der Waals surface area contributed by atoms with Gasteiger partial charge >= 0.3 is 0 Å². The highest BCUT2D eigenvalue weighted by molar-refractivity contribution is 5.51. The predicted octanol–water partition coefficient (Wildman–Crippen LogP) is 1.38. The van der Waals surface area contributed by atoms with E-state index in [9.17, 15) is 5.11 Å². The van der Waals surface area contributed by atoms with Gasteiger partial charge in [-0.1, -0.05) is 13.8 Å². The number of rotatable bonds is 4. The summed E-state index contributed by atoms with van der Waals surface area (Å²) in [4.78, 5) is 4.04. The first kappa shape index (κ1) is 11.5. The molecular formula is C11H15N3O. The third kappa shape index (κ3) is 3.22. The minimum atomic E-state index is -0.432. The van der Waals surface area contributed by atoms with Crippen LogP contribution < -0.4 is 5.32 Å². The fraction of sp³-hybridized carbons (Fsp3) is 0.455. The van der Waals surface area contributed by atoms with Crippen LogP contribution in [0.3, 0.4) is 0 Å². The molecule has 0 aromatic carbocycles. The maximum Gasteiger partial charge on any atom is 0.143 e. The Labute approximate surface area is 89.6 Å². The summed E-state index contributed by atoms with van der Waals surface area (Å²) in [6, 6.07) is 5.44. The molecule has 2 N–H and O–H groups in total. The maximum absolute atomic E-state index is 9.58. The van der Waals surface area contributed by atoms with Crippen molar-refractivity contribution in [2.45, 2.75) is 20.0 Å².